The van der Waals surface area contributed by atoms with Crippen LogP contribution in [0.3, 0.4) is 0 Å². The van der Waals surface area contributed by atoms with Gasteiger partial charge in [0, 0.05) is 24.2 Å². The molecular weight excluding hydrogens is 276 g/mol. The first-order valence-electron chi connectivity index (χ1n) is 6.44. The average molecular weight is 292 g/mol. The minimum atomic E-state index is -0.176. The number of nitrogens with two attached hydrogens (primary N) is 1. The largest absolute Gasteiger partial charge is 0.397 e. The molecule has 106 valence electrons. The van der Waals surface area contributed by atoms with Crippen LogP contribution in [0.5, 0.6) is 0 Å². The topological polar surface area (TPSA) is 80.5 Å². The summed E-state index contributed by atoms with van der Waals surface area (Å²) in [6, 6.07) is 3.81. The van der Waals surface area contributed by atoms with Crippen LogP contribution >= 0.6 is 11.3 Å². The van der Waals surface area contributed by atoms with Crippen molar-refractivity contribution in [2.24, 2.45) is 0 Å². The lowest BCUT2D eigenvalue weighted by atomic mass is 10.2. The highest BCUT2D eigenvalue weighted by Gasteiger charge is 2.20. The van der Waals surface area contributed by atoms with E-state index in [9.17, 15) is 4.79 Å². The lowest BCUT2D eigenvalue weighted by Crippen LogP contribution is -2.48. The molecule has 1 aliphatic rings. The highest BCUT2D eigenvalue weighted by Crippen LogP contribution is 2.32. The number of thiophene rings is 1. The number of carbonyl (C=O) groups is 1. The van der Waals surface area contributed by atoms with Gasteiger partial charge in [-0.1, -0.05) is 0 Å². The van der Waals surface area contributed by atoms with Crippen molar-refractivity contribution in [3.05, 3.63) is 22.7 Å². The Kier molecular flexibility index (Phi) is 3.56. The Labute approximate surface area is 120 Å². The summed E-state index contributed by atoms with van der Waals surface area (Å²) in [5.74, 6) is -0.176. The van der Waals surface area contributed by atoms with E-state index in [0.717, 1.165) is 15.9 Å². The third kappa shape index (κ3) is 2.47. The van der Waals surface area contributed by atoms with Gasteiger partial charge in [0.1, 0.15) is 9.71 Å². The Morgan fingerprint density at radius 1 is 1.45 bits per heavy atom. The number of nitrogen functional groups attached to an aromatic ring is 1. The number of anilines is 1. The molecule has 0 bridgehead atoms. The molecule has 1 amide bonds. The van der Waals surface area contributed by atoms with Crippen molar-refractivity contribution < 1.29 is 9.53 Å². The predicted octanol–water partition coefficient (Wildman–Crippen LogP) is 1.16. The molecule has 0 atom stereocenters. The number of pyridine rings is 1. The molecular formula is C13H16N4O2S. The molecule has 1 fully saturated rings. The van der Waals surface area contributed by atoms with Crippen LogP contribution in [0.15, 0.2) is 12.1 Å². The zero-order chi connectivity index (χ0) is 14.1. The van der Waals surface area contributed by atoms with Crippen LogP contribution in [-0.2, 0) is 4.74 Å². The molecule has 2 aromatic heterocycles. The number of morpholine rings is 1. The highest BCUT2D eigenvalue weighted by atomic mass is 32.1. The van der Waals surface area contributed by atoms with E-state index in [2.05, 4.69) is 10.4 Å². The summed E-state index contributed by atoms with van der Waals surface area (Å²) < 4.78 is 5.25. The van der Waals surface area contributed by atoms with Crippen molar-refractivity contribution in [1.29, 1.82) is 0 Å². The van der Waals surface area contributed by atoms with Crippen molar-refractivity contribution in [3.63, 3.8) is 0 Å². The van der Waals surface area contributed by atoms with Gasteiger partial charge in [0.25, 0.3) is 5.91 Å². The van der Waals surface area contributed by atoms with Crippen molar-refractivity contribution in [2.45, 2.75) is 6.92 Å². The average Bonchev–Trinajstić information content (AvgIpc) is 2.76. The molecule has 0 saturated carbocycles. The Hall–Kier alpha value is -1.70. The lowest BCUT2D eigenvalue weighted by molar-refractivity contribution is 0.0128. The van der Waals surface area contributed by atoms with E-state index in [1.54, 1.807) is 0 Å². The van der Waals surface area contributed by atoms with Crippen molar-refractivity contribution in [3.8, 4) is 0 Å². The van der Waals surface area contributed by atoms with Crippen LogP contribution in [0.2, 0.25) is 0 Å². The van der Waals surface area contributed by atoms with Crippen molar-refractivity contribution >= 4 is 33.1 Å². The predicted molar refractivity (Wildman–Crippen MR) is 78.6 cm³/mol. The number of aromatic nitrogens is 1. The van der Waals surface area contributed by atoms with Crippen LogP contribution in [0, 0.1) is 6.92 Å². The summed E-state index contributed by atoms with van der Waals surface area (Å²) in [5, 5.41) is 2.70. The Balaban J connectivity index is 1.85. The molecule has 6 nitrogen and oxygen atoms in total. The zero-order valence-electron chi connectivity index (χ0n) is 11.2. The number of carbonyl (C=O) groups excluding carboxylic acids is 1. The molecule has 2 aromatic rings. The Morgan fingerprint density at radius 3 is 2.95 bits per heavy atom. The molecule has 0 unspecified atom stereocenters. The number of hydrogen-bond acceptors (Lipinski definition) is 6. The number of hydrogen-bond donors (Lipinski definition) is 2. The van der Waals surface area contributed by atoms with Gasteiger partial charge in [-0.15, -0.1) is 11.3 Å². The fourth-order valence-corrected chi connectivity index (χ4v) is 3.16. The molecule has 1 saturated heterocycles. The summed E-state index contributed by atoms with van der Waals surface area (Å²) in [6.45, 7) is 4.55. The van der Waals surface area contributed by atoms with Crippen LogP contribution in [0.4, 0.5) is 5.69 Å². The number of aryl methyl sites for hydroxylation is 1. The van der Waals surface area contributed by atoms with Crippen LogP contribution in [-0.4, -0.2) is 42.2 Å². The van der Waals surface area contributed by atoms with Crippen molar-refractivity contribution in [1.82, 2.24) is 15.4 Å². The number of rotatable bonds is 2. The number of nitrogens with zero attached hydrogens (tertiary/aromatic N) is 2. The summed E-state index contributed by atoms with van der Waals surface area (Å²) in [6.07, 6.45) is 0. The Bertz CT molecular complexity index is 649. The summed E-state index contributed by atoms with van der Waals surface area (Å²) in [4.78, 5) is 18.0. The summed E-state index contributed by atoms with van der Waals surface area (Å²) >= 11 is 1.33. The molecule has 20 heavy (non-hydrogen) atoms. The Morgan fingerprint density at radius 2 is 2.20 bits per heavy atom. The van der Waals surface area contributed by atoms with Gasteiger partial charge in [-0.05, 0) is 19.1 Å². The number of fused-ring (bicyclic) bond motifs is 1. The highest BCUT2D eigenvalue weighted by molar-refractivity contribution is 7.21. The molecule has 0 spiro atoms. The van der Waals surface area contributed by atoms with Gasteiger partial charge in [0.2, 0.25) is 0 Å². The maximum atomic E-state index is 12.3. The number of ether oxygens (including phenoxy) is 1. The maximum Gasteiger partial charge on any atom is 0.277 e. The number of nitrogens with one attached hydrogen (secondary N) is 1. The van der Waals surface area contributed by atoms with E-state index < -0.39 is 0 Å². The van der Waals surface area contributed by atoms with Gasteiger partial charge in [-0.2, -0.15) is 0 Å². The first-order chi connectivity index (χ1) is 9.65. The first-order valence-corrected chi connectivity index (χ1v) is 7.26. The molecule has 3 rings (SSSR count). The second-order valence-corrected chi connectivity index (χ2v) is 5.69. The molecule has 0 aromatic carbocycles. The maximum absolute atomic E-state index is 12.3. The van der Waals surface area contributed by atoms with Crippen LogP contribution in [0.25, 0.3) is 10.2 Å². The minimum Gasteiger partial charge on any atom is -0.397 e. The monoisotopic (exact) mass is 292 g/mol. The van der Waals surface area contributed by atoms with Gasteiger partial charge < -0.3 is 10.5 Å². The second kappa shape index (κ2) is 5.35. The molecule has 1 aliphatic heterocycles. The fraction of sp³-hybridized carbons (Fsp3) is 0.385. The fourth-order valence-electron chi connectivity index (χ4n) is 2.13. The molecule has 0 aliphatic carbocycles. The molecule has 0 radical (unpaired) electrons. The molecule has 3 N–H and O–H groups in total. The smallest absolute Gasteiger partial charge is 0.277 e. The van der Waals surface area contributed by atoms with Crippen molar-refractivity contribution in [2.75, 3.05) is 32.0 Å². The SMILES string of the molecule is Cc1ccc2c(N)c(C(=O)NN3CCOCC3)sc2n1. The van der Waals surface area contributed by atoms with E-state index in [0.29, 0.717) is 36.9 Å². The summed E-state index contributed by atoms with van der Waals surface area (Å²) in [5.41, 5.74) is 10.3. The van der Waals surface area contributed by atoms with E-state index in [1.165, 1.54) is 11.3 Å². The van der Waals surface area contributed by atoms with Crippen LogP contribution < -0.4 is 11.2 Å². The van der Waals surface area contributed by atoms with Gasteiger partial charge >= 0.3 is 0 Å². The van der Waals surface area contributed by atoms with E-state index in [1.807, 2.05) is 24.1 Å². The number of amides is 1. The second-order valence-electron chi connectivity index (χ2n) is 4.69. The van der Waals surface area contributed by atoms with Gasteiger partial charge in [-0.3, -0.25) is 10.2 Å². The van der Waals surface area contributed by atoms with E-state index >= 15 is 0 Å². The van der Waals surface area contributed by atoms with Crippen LogP contribution in [0.1, 0.15) is 15.4 Å². The normalized spacial score (nSPS) is 16.4. The van der Waals surface area contributed by atoms with Gasteiger partial charge in [0.15, 0.2) is 0 Å². The first kappa shape index (κ1) is 13.3. The molecule has 3 heterocycles. The standard InChI is InChI=1S/C13H16N4O2S/c1-8-2-3-9-10(14)11(20-13(9)15-8)12(18)16-17-4-6-19-7-5-17/h2-3H,4-7,14H2,1H3,(H,16,18). The minimum absolute atomic E-state index is 0.176. The van der Waals surface area contributed by atoms with E-state index in [-0.39, 0.29) is 5.91 Å². The quantitative estimate of drug-likeness (QED) is 0.868. The van der Waals surface area contributed by atoms with E-state index in [4.69, 9.17) is 10.5 Å². The third-order valence-corrected chi connectivity index (χ3v) is 4.32. The number of hydrazine groups is 1. The van der Waals surface area contributed by atoms with Gasteiger partial charge in [0.05, 0.1) is 18.9 Å². The summed E-state index contributed by atoms with van der Waals surface area (Å²) in [7, 11) is 0. The third-order valence-electron chi connectivity index (χ3n) is 3.21. The van der Waals surface area contributed by atoms with Gasteiger partial charge in [-0.25, -0.2) is 9.99 Å². The zero-order valence-corrected chi connectivity index (χ0v) is 12.0. The lowest BCUT2D eigenvalue weighted by Gasteiger charge is -2.26. The molecule has 7 heteroatoms.